The number of halogens is 9. The maximum absolute atomic E-state index is 14.4. The van der Waals surface area contributed by atoms with Crippen molar-refractivity contribution >= 4 is 0 Å². The van der Waals surface area contributed by atoms with Crippen LogP contribution in [-0.4, -0.2) is 41.1 Å². The van der Waals surface area contributed by atoms with Gasteiger partial charge in [0.1, 0.15) is 5.75 Å². The Kier molecular flexibility index (Phi) is 5.18. The summed E-state index contributed by atoms with van der Waals surface area (Å²) in [6.07, 6.45) is -4.32. The molecule has 2 rings (SSSR count). The van der Waals surface area contributed by atoms with E-state index < -0.39 is 47.4 Å². The first kappa shape index (κ1) is 21.6. The lowest BCUT2D eigenvalue weighted by atomic mass is 9.88. The van der Waals surface area contributed by atoms with Gasteiger partial charge in [0.25, 0.3) is 5.67 Å². The lowest BCUT2D eigenvalue weighted by Crippen LogP contribution is -2.55. The summed E-state index contributed by atoms with van der Waals surface area (Å²) in [4.78, 5) is 0. The minimum atomic E-state index is -6.65. The van der Waals surface area contributed by atoms with Crippen molar-refractivity contribution in [2.45, 2.75) is 55.2 Å². The number of alkyl halides is 9. The van der Waals surface area contributed by atoms with Crippen molar-refractivity contribution in [3.05, 3.63) is 29.8 Å². The van der Waals surface area contributed by atoms with Crippen LogP contribution < -0.4 is 4.74 Å². The maximum atomic E-state index is 14.4. The van der Waals surface area contributed by atoms with Crippen LogP contribution in [0.2, 0.25) is 0 Å². The molecule has 2 nitrogen and oxygen atoms in total. The third-order valence-electron chi connectivity index (χ3n) is 4.37. The Morgan fingerprint density at radius 1 is 0.889 bits per heavy atom. The lowest BCUT2D eigenvalue weighted by Gasteiger charge is -2.32. The van der Waals surface area contributed by atoms with Gasteiger partial charge in [0.05, 0.1) is 12.7 Å². The maximum Gasteiger partial charge on any atom is 0.381 e. The summed E-state index contributed by atoms with van der Waals surface area (Å²) >= 11 is 0. The highest BCUT2D eigenvalue weighted by Gasteiger charge is 3.00. The average molecular weight is 410 g/mol. The molecule has 1 fully saturated rings. The number of aliphatic hydroxyl groups is 1. The predicted octanol–water partition coefficient (Wildman–Crippen LogP) is 5.16. The summed E-state index contributed by atoms with van der Waals surface area (Å²) in [5, 5.41) is 9.85. The quantitative estimate of drug-likeness (QED) is 0.657. The normalized spacial score (nSPS) is 25.1. The molecule has 1 unspecified atom stereocenters. The van der Waals surface area contributed by atoms with Crippen molar-refractivity contribution in [3.8, 4) is 5.75 Å². The van der Waals surface area contributed by atoms with Crippen LogP contribution in [0.15, 0.2) is 24.3 Å². The molecule has 1 saturated carbocycles. The van der Waals surface area contributed by atoms with E-state index in [0.717, 1.165) is 12.1 Å². The Morgan fingerprint density at radius 3 is 1.89 bits per heavy atom. The second-order valence-electron chi connectivity index (χ2n) is 6.24. The molecule has 0 heterocycles. The molecule has 0 aliphatic heterocycles. The van der Waals surface area contributed by atoms with E-state index in [4.69, 9.17) is 4.74 Å². The zero-order valence-electron chi connectivity index (χ0n) is 13.8. The Hall–Kier alpha value is -1.65. The molecule has 0 aromatic heterocycles. The van der Waals surface area contributed by atoms with Crippen LogP contribution in [0, 0.1) is 0 Å². The topological polar surface area (TPSA) is 29.5 Å². The zero-order chi connectivity index (χ0) is 20.9. The van der Waals surface area contributed by atoms with Gasteiger partial charge in [-0.1, -0.05) is 19.1 Å². The van der Waals surface area contributed by atoms with Gasteiger partial charge < -0.3 is 9.84 Å². The van der Waals surface area contributed by atoms with Gasteiger partial charge in [0, 0.05) is 6.42 Å². The van der Waals surface area contributed by atoms with Gasteiger partial charge in [-0.2, -0.15) is 35.1 Å². The summed E-state index contributed by atoms with van der Waals surface area (Å²) in [6.45, 7) is 1.94. The van der Waals surface area contributed by atoms with Crippen LogP contribution in [0.5, 0.6) is 5.75 Å². The van der Waals surface area contributed by atoms with E-state index in [2.05, 4.69) is 0 Å². The number of ether oxygens (including phenoxy) is 1. The Bertz CT molecular complexity index is 664. The fourth-order valence-corrected chi connectivity index (χ4v) is 2.76. The highest BCUT2D eigenvalue weighted by molar-refractivity contribution is 5.32. The zero-order valence-corrected chi connectivity index (χ0v) is 13.8. The lowest BCUT2D eigenvalue weighted by molar-refractivity contribution is -0.303. The van der Waals surface area contributed by atoms with Gasteiger partial charge >= 0.3 is 23.7 Å². The fourth-order valence-electron chi connectivity index (χ4n) is 2.76. The molecule has 1 atom stereocenters. The third-order valence-corrected chi connectivity index (χ3v) is 4.37. The molecule has 0 bridgehead atoms. The summed E-state index contributed by atoms with van der Waals surface area (Å²) in [7, 11) is 0. The SMILES string of the molecule is CCCOc1cccc(C(O)CC2(F)C(F)(F)C(F)(F)C(F)(F)C2(F)F)c1. The summed E-state index contributed by atoms with van der Waals surface area (Å²) in [5.41, 5.74) is -6.13. The number of aliphatic hydroxyl groups excluding tert-OH is 1. The molecule has 0 saturated heterocycles. The van der Waals surface area contributed by atoms with Gasteiger partial charge in [-0.3, -0.25) is 0 Å². The van der Waals surface area contributed by atoms with Gasteiger partial charge in [0.2, 0.25) is 0 Å². The molecule has 0 amide bonds. The van der Waals surface area contributed by atoms with E-state index in [1.54, 1.807) is 6.92 Å². The van der Waals surface area contributed by atoms with E-state index in [-0.39, 0.29) is 12.4 Å². The fraction of sp³-hybridized carbons (Fsp3) is 0.625. The molecule has 1 aliphatic rings. The first-order valence-corrected chi connectivity index (χ1v) is 7.78. The predicted molar refractivity (Wildman–Crippen MR) is 75.4 cm³/mol. The van der Waals surface area contributed by atoms with Crippen LogP contribution in [0.25, 0.3) is 0 Å². The van der Waals surface area contributed by atoms with E-state index >= 15 is 0 Å². The first-order chi connectivity index (χ1) is 12.2. The monoisotopic (exact) mass is 410 g/mol. The molecule has 0 radical (unpaired) electrons. The van der Waals surface area contributed by atoms with Crippen molar-refractivity contribution in [1.29, 1.82) is 0 Å². The summed E-state index contributed by atoms with van der Waals surface area (Å²) in [5.74, 6) is -26.1. The van der Waals surface area contributed by atoms with E-state index in [9.17, 15) is 44.6 Å². The summed E-state index contributed by atoms with van der Waals surface area (Å²) in [6, 6.07) is 4.51. The minimum absolute atomic E-state index is 0.0573. The smallest absolute Gasteiger partial charge is 0.381 e. The largest absolute Gasteiger partial charge is 0.494 e. The molecule has 11 heteroatoms. The Balaban J connectivity index is 2.40. The molecular weight excluding hydrogens is 395 g/mol. The van der Waals surface area contributed by atoms with Gasteiger partial charge in [0.15, 0.2) is 0 Å². The van der Waals surface area contributed by atoms with E-state index in [1.165, 1.54) is 12.1 Å². The molecule has 1 aromatic rings. The third kappa shape index (κ3) is 2.76. The van der Waals surface area contributed by atoms with Gasteiger partial charge in [-0.15, -0.1) is 0 Å². The van der Waals surface area contributed by atoms with Gasteiger partial charge in [-0.25, -0.2) is 4.39 Å². The van der Waals surface area contributed by atoms with Gasteiger partial charge in [-0.05, 0) is 24.1 Å². The highest BCUT2D eigenvalue weighted by atomic mass is 19.4. The van der Waals surface area contributed by atoms with E-state index in [0.29, 0.717) is 6.42 Å². The molecule has 154 valence electrons. The molecule has 1 N–H and O–H groups in total. The number of rotatable bonds is 6. The second-order valence-corrected chi connectivity index (χ2v) is 6.24. The Morgan fingerprint density at radius 2 is 1.41 bits per heavy atom. The number of hydrogen-bond acceptors (Lipinski definition) is 2. The molecule has 1 aromatic carbocycles. The van der Waals surface area contributed by atoms with Crippen molar-refractivity contribution in [1.82, 2.24) is 0 Å². The summed E-state index contributed by atoms with van der Waals surface area (Å²) < 4.78 is 127. The highest BCUT2D eigenvalue weighted by Crippen LogP contribution is 2.70. The van der Waals surface area contributed by atoms with E-state index in [1.807, 2.05) is 0 Å². The van der Waals surface area contributed by atoms with Crippen LogP contribution in [-0.2, 0) is 0 Å². The molecule has 1 aliphatic carbocycles. The van der Waals surface area contributed by atoms with Crippen molar-refractivity contribution < 1.29 is 49.4 Å². The average Bonchev–Trinajstić information content (AvgIpc) is 2.63. The first-order valence-electron chi connectivity index (χ1n) is 7.78. The van der Waals surface area contributed by atoms with Crippen LogP contribution in [0.1, 0.15) is 31.4 Å². The van der Waals surface area contributed by atoms with Crippen molar-refractivity contribution in [2.75, 3.05) is 6.61 Å². The molecular formula is C16H15F9O2. The minimum Gasteiger partial charge on any atom is -0.494 e. The number of benzene rings is 1. The molecule has 27 heavy (non-hydrogen) atoms. The van der Waals surface area contributed by atoms with Crippen molar-refractivity contribution in [2.24, 2.45) is 0 Å². The van der Waals surface area contributed by atoms with Crippen LogP contribution in [0.4, 0.5) is 39.5 Å². The second kappa shape index (κ2) is 6.46. The van der Waals surface area contributed by atoms with Crippen molar-refractivity contribution in [3.63, 3.8) is 0 Å². The standard InChI is InChI=1S/C16H15F9O2/c1-2-6-27-10-5-3-4-9(7-10)11(26)8-12(17)13(18,19)15(22,23)16(24,25)14(12,20)21/h3-5,7,11,26H,2,6,8H2,1H3. The molecule has 0 spiro atoms. The van der Waals surface area contributed by atoms with Crippen LogP contribution in [0.3, 0.4) is 0 Å². The number of hydrogen-bond donors (Lipinski definition) is 1. The van der Waals surface area contributed by atoms with Crippen LogP contribution >= 0.6 is 0 Å². The Labute approximate surface area is 147 Å².